The molecule has 1 heterocycles. The summed E-state index contributed by atoms with van der Waals surface area (Å²) < 4.78 is 31.3. The van der Waals surface area contributed by atoms with Gasteiger partial charge in [-0.15, -0.1) is 0 Å². The summed E-state index contributed by atoms with van der Waals surface area (Å²) in [5, 5.41) is 0. The van der Waals surface area contributed by atoms with Crippen molar-refractivity contribution in [2.45, 2.75) is 24.2 Å². The molecule has 4 N–H and O–H groups in total. The van der Waals surface area contributed by atoms with Gasteiger partial charge in [-0.25, -0.2) is 8.42 Å². The van der Waals surface area contributed by atoms with E-state index in [0.29, 0.717) is 28.9 Å². The summed E-state index contributed by atoms with van der Waals surface area (Å²) in [7, 11) is -3.38. The number of nitrogens with two attached hydrogens (primary N) is 2. The zero-order valence-corrected chi connectivity index (χ0v) is 17.2. The van der Waals surface area contributed by atoms with E-state index in [9.17, 15) is 8.42 Å². The first-order valence-corrected chi connectivity index (χ1v) is 11.4. The highest BCUT2D eigenvalue weighted by atomic mass is 32.2. The van der Waals surface area contributed by atoms with Gasteiger partial charge in [0, 0.05) is 6.54 Å². The highest BCUT2D eigenvalue weighted by molar-refractivity contribution is 7.91. The molecule has 2 aromatic rings. The van der Waals surface area contributed by atoms with E-state index < -0.39 is 9.84 Å². The van der Waals surface area contributed by atoms with Gasteiger partial charge >= 0.3 is 0 Å². The van der Waals surface area contributed by atoms with Crippen LogP contribution < -0.4 is 16.2 Å². The lowest BCUT2D eigenvalue weighted by molar-refractivity contribution is 0.203. The van der Waals surface area contributed by atoms with Gasteiger partial charge in [-0.3, -0.25) is 9.89 Å². The third-order valence-corrected chi connectivity index (χ3v) is 6.75. The highest BCUT2D eigenvalue weighted by Gasteiger charge is 2.24. The van der Waals surface area contributed by atoms with Crippen LogP contribution in [0.15, 0.2) is 64.5 Å². The van der Waals surface area contributed by atoms with Gasteiger partial charge in [-0.05, 0) is 74.7 Å². The number of benzene rings is 2. The molecular weight excluding hydrogens is 388 g/mol. The molecule has 8 heteroatoms. The molecule has 0 bridgehead atoms. The summed E-state index contributed by atoms with van der Waals surface area (Å²) in [6, 6.07) is 16.0. The van der Waals surface area contributed by atoms with Crippen molar-refractivity contribution in [3.8, 4) is 11.5 Å². The molecule has 156 valence electrons. The van der Waals surface area contributed by atoms with Gasteiger partial charge in [-0.2, -0.15) is 0 Å². The van der Waals surface area contributed by atoms with Crippen molar-refractivity contribution >= 4 is 15.8 Å². The second kappa shape index (κ2) is 9.76. The largest absolute Gasteiger partial charge is 0.457 e. The Hall–Kier alpha value is -2.58. The first kappa shape index (κ1) is 21.1. The summed E-state index contributed by atoms with van der Waals surface area (Å²) in [4.78, 5) is 6.34. The van der Waals surface area contributed by atoms with E-state index in [1.165, 1.54) is 0 Å². The molecule has 3 rings (SSSR count). The minimum absolute atomic E-state index is 0.0342. The number of likely N-dealkylation sites (tertiary alicyclic amines) is 1. The fourth-order valence-electron chi connectivity index (χ4n) is 3.43. The van der Waals surface area contributed by atoms with E-state index in [-0.39, 0.29) is 11.8 Å². The average molecular weight is 417 g/mol. The van der Waals surface area contributed by atoms with Crippen LogP contribution in [0, 0.1) is 5.92 Å². The quantitative estimate of drug-likeness (QED) is 0.505. The number of hydrogen-bond donors (Lipinski definition) is 2. The summed E-state index contributed by atoms with van der Waals surface area (Å²) in [6.07, 6.45) is 2.85. The van der Waals surface area contributed by atoms with Crippen molar-refractivity contribution in [2.24, 2.45) is 22.4 Å². The number of ether oxygens (including phenoxy) is 1. The molecule has 0 unspecified atom stereocenters. The number of aliphatic imine (C=N–C) groups is 1. The fourth-order valence-corrected chi connectivity index (χ4v) is 4.87. The van der Waals surface area contributed by atoms with Gasteiger partial charge in [-0.1, -0.05) is 18.2 Å². The van der Waals surface area contributed by atoms with Crippen molar-refractivity contribution in [1.82, 2.24) is 4.90 Å². The first-order valence-electron chi connectivity index (χ1n) is 9.76. The first-order chi connectivity index (χ1) is 13.9. The average Bonchev–Trinajstić information content (AvgIpc) is 2.70. The second-order valence-electron chi connectivity index (χ2n) is 7.29. The molecule has 1 aliphatic rings. The molecule has 2 aromatic carbocycles. The lowest BCUT2D eigenvalue weighted by Crippen LogP contribution is -2.37. The molecule has 1 aliphatic heterocycles. The fraction of sp³-hybridized carbons (Fsp3) is 0.381. The maximum atomic E-state index is 12.8. The summed E-state index contributed by atoms with van der Waals surface area (Å²) in [6.45, 7) is 2.16. The van der Waals surface area contributed by atoms with Crippen molar-refractivity contribution in [3.63, 3.8) is 0 Å². The van der Waals surface area contributed by atoms with Crippen molar-refractivity contribution in [2.75, 3.05) is 25.5 Å². The highest BCUT2D eigenvalue weighted by Crippen LogP contribution is 2.25. The van der Waals surface area contributed by atoms with Gasteiger partial charge in [0.25, 0.3) is 0 Å². The van der Waals surface area contributed by atoms with Gasteiger partial charge in [0.05, 0.1) is 4.90 Å². The van der Waals surface area contributed by atoms with E-state index in [4.69, 9.17) is 16.2 Å². The molecule has 0 radical (unpaired) electrons. The maximum Gasteiger partial charge on any atom is 0.191 e. The third-order valence-electron chi connectivity index (χ3n) is 5.05. The minimum atomic E-state index is -3.38. The Morgan fingerprint density at radius 3 is 2.24 bits per heavy atom. The molecule has 0 aliphatic carbocycles. The van der Waals surface area contributed by atoms with Crippen LogP contribution in [0.1, 0.15) is 19.3 Å². The lowest BCUT2D eigenvalue weighted by Gasteiger charge is -2.31. The Morgan fingerprint density at radius 2 is 1.62 bits per heavy atom. The van der Waals surface area contributed by atoms with Crippen LogP contribution in [0.3, 0.4) is 0 Å². The van der Waals surface area contributed by atoms with Crippen molar-refractivity contribution in [1.29, 1.82) is 0 Å². The van der Waals surface area contributed by atoms with Gasteiger partial charge < -0.3 is 16.2 Å². The Bertz CT molecular complexity index is 903. The monoisotopic (exact) mass is 416 g/mol. The number of guanidine groups is 1. The summed E-state index contributed by atoms with van der Waals surface area (Å²) in [5.74, 6) is 2.01. The van der Waals surface area contributed by atoms with Crippen LogP contribution in [-0.4, -0.2) is 44.8 Å². The van der Waals surface area contributed by atoms with Crippen LogP contribution in [-0.2, 0) is 9.84 Å². The third kappa shape index (κ3) is 6.47. The number of hydrogen-bond acceptors (Lipinski definition) is 5. The molecule has 0 aromatic heterocycles. The summed E-state index contributed by atoms with van der Waals surface area (Å²) >= 11 is 0. The number of rotatable bonds is 8. The van der Waals surface area contributed by atoms with Gasteiger partial charge in [0.2, 0.25) is 0 Å². The van der Waals surface area contributed by atoms with Crippen molar-refractivity contribution in [3.05, 3.63) is 54.6 Å². The normalized spacial score (nSPS) is 15.7. The van der Waals surface area contributed by atoms with Crippen molar-refractivity contribution < 1.29 is 13.2 Å². The Labute approximate surface area is 172 Å². The Kier molecular flexibility index (Phi) is 7.11. The molecule has 29 heavy (non-hydrogen) atoms. The predicted molar refractivity (Wildman–Crippen MR) is 115 cm³/mol. The number of para-hydroxylation sites is 1. The Morgan fingerprint density at radius 1 is 1.00 bits per heavy atom. The minimum Gasteiger partial charge on any atom is -0.457 e. The maximum absolute atomic E-state index is 12.8. The number of piperidine rings is 1. The summed E-state index contributed by atoms with van der Waals surface area (Å²) in [5.41, 5.74) is 10.7. The predicted octanol–water partition coefficient (Wildman–Crippen LogP) is 2.59. The molecule has 1 fully saturated rings. The van der Waals surface area contributed by atoms with Gasteiger partial charge in [0.1, 0.15) is 17.4 Å². The molecule has 0 amide bonds. The van der Waals surface area contributed by atoms with E-state index in [1.54, 1.807) is 24.3 Å². The molecule has 0 saturated carbocycles. The zero-order chi connectivity index (χ0) is 20.7. The van der Waals surface area contributed by atoms with Crippen LogP contribution in [0.25, 0.3) is 0 Å². The Balaban J connectivity index is 1.51. The molecule has 0 spiro atoms. The molecule has 7 nitrogen and oxygen atoms in total. The molecule has 1 saturated heterocycles. The smallest absolute Gasteiger partial charge is 0.191 e. The molecule has 0 atom stereocenters. The topological polar surface area (TPSA) is 111 Å². The van der Waals surface area contributed by atoms with E-state index in [2.05, 4.69) is 4.99 Å². The van der Waals surface area contributed by atoms with Crippen LogP contribution in [0.2, 0.25) is 0 Å². The van der Waals surface area contributed by atoms with Gasteiger partial charge in [0.15, 0.2) is 15.8 Å². The van der Waals surface area contributed by atoms with E-state index >= 15 is 0 Å². The molecular formula is C21H28N4O3S. The van der Waals surface area contributed by atoms with Crippen LogP contribution in [0.4, 0.5) is 0 Å². The van der Waals surface area contributed by atoms with Crippen LogP contribution >= 0.6 is 0 Å². The zero-order valence-electron chi connectivity index (χ0n) is 16.4. The van der Waals surface area contributed by atoms with E-state index in [0.717, 1.165) is 32.4 Å². The van der Waals surface area contributed by atoms with Crippen LogP contribution in [0.5, 0.6) is 11.5 Å². The number of nitrogens with zero attached hydrogens (tertiary/aromatic N) is 2. The van der Waals surface area contributed by atoms with E-state index in [1.807, 2.05) is 35.2 Å². The number of sulfone groups is 1. The standard InChI is InChI=1S/C21H28N4O3S/c22-21(23)24-13-10-17-11-14-25(15-12-17)16-29(26,27)20-8-6-19(7-9-20)28-18-4-2-1-3-5-18/h1-9,17H,10-16H2,(H4,22,23,24). The second-order valence-corrected chi connectivity index (χ2v) is 9.25. The SMILES string of the molecule is NC(N)=NCCC1CCN(CS(=O)(=O)c2ccc(Oc3ccccc3)cc2)CC1. The lowest BCUT2D eigenvalue weighted by atomic mass is 9.94.